The Morgan fingerprint density at radius 3 is 2.44 bits per heavy atom. The molecule has 0 fully saturated rings. The molecule has 3 aromatic rings. The summed E-state index contributed by atoms with van der Waals surface area (Å²) in [7, 11) is 0. The molecule has 0 saturated carbocycles. The van der Waals surface area contributed by atoms with Gasteiger partial charge in [-0.25, -0.2) is 0 Å². The number of benzene rings is 1. The van der Waals surface area contributed by atoms with Gasteiger partial charge in [-0.2, -0.15) is 0 Å². The number of furan rings is 1. The van der Waals surface area contributed by atoms with E-state index in [1.165, 1.54) is 0 Å². The molecule has 0 aliphatic heterocycles. The normalized spacial score (nSPS) is 12.7. The van der Waals surface area contributed by atoms with E-state index in [0.29, 0.717) is 5.55 Å². The summed E-state index contributed by atoms with van der Waals surface area (Å²) in [6, 6.07) is 3.82. The van der Waals surface area contributed by atoms with E-state index >= 15 is 0 Å². The zero-order valence-corrected chi connectivity index (χ0v) is 10.6. The summed E-state index contributed by atoms with van der Waals surface area (Å²) >= 11 is 0. The predicted octanol–water partition coefficient (Wildman–Crippen LogP) is 2.88. The smallest absolute Gasteiger partial charge is 0.236 e. The SMILES string of the molecule is Cc1coc2c1c(C)cc1o/c(=N\N)cc(C)c12. The van der Waals surface area contributed by atoms with E-state index in [0.717, 1.165) is 38.6 Å². The third-order valence-corrected chi connectivity index (χ3v) is 3.27. The van der Waals surface area contributed by atoms with E-state index in [1.807, 2.05) is 32.9 Å². The maximum Gasteiger partial charge on any atom is 0.236 e. The van der Waals surface area contributed by atoms with E-state index in [1.54, 1.807) is 6.26 Å². The Morgan fingerprint density at radius 2 is 1.72 bits per heavy atom. The molecule has 0 aliphatic carbocycles. The van der Waals surface area contributed by atoms with Crippen LogP contribution >= 0.6 is 0 Å². The fourth-order valence-corrected chi connectivity index (χ4v) is 2.49. The molecule has 0 amide bonds. The van der Waals surface area contributed by atoms with Crippen LogP contribution in [0.4, 0.5) is 0 Å². The van der Waals surface area contributed by atoms with Crippen LogP contribution in [0, 0.1) is 20.8 Å². The second kappa shape index (κ2) is 3.63. The first kappa shape index (κ1) is 10.9. The molecule has 2 heterocycles. The predicted molar refractivity (Wildman–Crippen MR) is 69.9 cm³/mol. The van der Waals surface area contributed by atoms with Crippen LogP contribution in [0.1, 0.15) is 16.7 Å². The molecule has 0 unspecified atom stereocenters. The van der Waals surface area contributed by atoms with Gasteiger partial charge >= 0.3 is 0 Å². The number of nitrogens with zero attached hydrogens (tertiary/aromatic N) is 1. The fraction of sp³-hybridized carbons (Fsp3) is 0.214. The quantitative estimate of drug-likeness (QED) is 0.487. The average molecular weight is 242 g/mol. The molecule has 2 N–H and O–H groups in total. The van der Waals surface area contributed by atoms with Gasteiger partial charge in [-0.1, -0.05) is 0 Å². The van der Waals surface area contributed by atoms with Crippen molar-refractivity contribution >= 4 is 21.9 Å². The van der Waals surface area contributed by atoms with Gasteiger partial charge in [0.1, 0.15) is 11.2 Å². The molecule has 0 radical (unpaired) electrons. The number of aryl methyl sites for hydroxylation is 3. The van der Waals surface area contributed by atoms with Crippen LogP contribution < -0.4 is 11.4 Å². The van der Waals surface area contributed by atoms with Gasteiger partial charge in [-0.15, -0.1) is 5.10 Å². The Bertz CT molecular complexity index is 825. The molecule has 0 aliphatic rings. The summed E-state index contributed by atoms with van der Waals surface area (Å²) in [6.07, 6.45) is 1.78. The molecule has 4 nitrogen and oxygen atoms in total. The van der Waals surface area contributed by atoms with Gasteiger partial charge in [-0.05, 0) is 43.5 Å². The van der Waals surface area contributed by atoms with E-state index in [4.69, 9.17) is 14.7 Å². The van der Waals surface area contributed by atoms with Gasteiger partial charge in [0, 0.05) is 11.5 Å². The van der Waals surface area contributed by atoms with Crippen LogP contribution in [-0.2, 0) is 0 Å². The molecule has 1 aromatic carbocycles. The Morgan fingerprint density at radius 1 is 1.00 bits per heavy atom. The largest absolute Gasteiger partial charge is 0.463 e. The lowest BCUT2D eigenvalue weighted by Gasteiger charge is -2.05. The second-order valence-corrected chi connectivity index (χ2v) is 4.59. The second-order valence-electron chi connectivity index (χ2n) is 4.59. The third kappa shape index (κ3) is 1.35. The van der Waals surface area contributed by atoms with Crippen LogP contribution in [0.15, 0.2) is 32.3 Å². The Labute approximate surface area is 104 Å². The van der Waals surface area contributed by atoms with Crippen molar-refractivity contribution in [2.24, 2.45) is 10.9 Å². The first-order chi connectivity index (χ1) is 8.61. The van der Waals surface area contributed by atoms with E-state index in [9.17, 15) is 0 Å². The molecule has 4 heteroatoms. The maximum atomic E-state index is 5.68. The van der Waals surface area contributed by atoms with E-state index in [2.05, 4.69) is 5.10 Å². The average Bonchev–Trinajstić information content (AvgIpc) is 2.71. The number of nitrogens with two attached hydrogens (primary N) is 1. The van der Waals surface area contributed by atoms with Crippen molar-refractivity contribution in [3.05, 3.63) is 40.6 Å². The Hall–Kier alpha value is -2.23. The third-order valence-electron chi connectivity index (χ3n) is 3.27. The summed E-state index contributed by atoms with van der Waals surface area (Å²) in [4.78, 5) is 0. The minimum absolute atomic E-state index is 0.419. The maximum absolute atomic E-state index is 5.68. The summed E-state index contributed by atoms with van der Waals surface area (Å²) in [5.74, 6) is 5.27. The van der Waals surface area contributed by atoms with Gasteiger partial charge < -0.3 is 14.7 Å². The van der Waals surface area contributed by atoms with Crippen molar-refractivity contribution in [3.63, 3.8) is 0 Å². The lowest BCUT2D eigenvalue weighted by Crippen LogP contribution is -2.05. The summed E-state index contributed by atoms with van der Waals surface area (Å²) in [5.41, 5.74) is 5.34. The van der Waals surface area contributed by atoms with Crippen molar-refractivity contribution in [1.29, 1.82) is 0 Å². The van der Waals surface area contributed by atoms with Crippen molar-refractivity contribution in [2.75, 3.05) is 0 Å². The summed E-state index contributed by atoms with van der Waals surface area (Å²) in [5, 5.41) is 5.73. The van der Waals surface area contributed by atoms with Gasteiger partial charge in [0.25, 0.3) is 0 Å². The van der Waals surface area contributed by atoms with E-state index in [-0.39, 0.29) is 0 Å². The molecule has 3 rings (SSSR count). The lowest BCUT2D eigenvalue weighted by atomic mass is 10.0. The van der Waals surface area contributed by atoms with Gasteiger partial charge in [0.15, 0.2) is 0 Å². The molecule has 0 bridgehead atoms. The highest BCUT2D eigenvalue weighted by Gasteiger charge is 2.13. The molecule has 0 saturated heterocycles. The summed E-state index contributed by atoms with van der Waals surface area (Å²) < 4.78 is 11.3. The van der Waals surface area contributed by atoms with Crippen LogP contribution in [0.25, 0.3) is 21.9 Å². The fourth-order valence-electron chi connectivity index (χ4n) is 2.49. The highest BCUT2D eigenvalue weighted by molar-refractivity contribution is 6.06. The highest BCUT2D eigenvalue weighted by Crippen LogP contribution is 2.32. The van der Waals surface area contributed by atoms with Crippen LogP contribution in [0.3, 0.4) is 0 Å². The molecule has 0 atom stereocenters. The van der Waals surface area contributed by atoms with Gasteiger partial charge in [-0.3, -0.25) is 0 Å². The van der Waals surface area contributed by atoms with E-state index < -0.39 is 0 Å². The van der Waals surface area contributed by atoms with Crippen molar-refractivity contribution < 1.29 is 8.83 Å². The highest BCUT2D eigenvalue weighted by atomic mass is 16.3. The zero-order chi connectivity index (χ0) is 12.9. The first-order valence-electron chi connectivity index (χ1n) is 5.77. The molecule has 18 heavy (non-hydrogen) atoms. The molecule has 0 spiro atoms. The first-order valence-corrected chi connectivity index (χ1v) is 5.77. The number of fused-ring (bicyclic) bond motifs is 3. The van der Waals surface area contributed by atoms with Crippen molar-refractivity contribution in [1.82, 2.24) is 0 Å². The summed E-state index contributed by atoms with van der Waals surface area (Å²) in [6.45, 7) is 6.08. The molecular weight excluding hydrogens is 228 g/mol. The standard InChI is InChI=1S/C14H14N2O2/c1-7-4-10-13(8(2)5-11(16-15)18-10)14-12(7)9(3)6-17-14/h4-6H,15H2,1-3H3/b16-11-. The van der Waals surface area contributed by atoms with Crippen LogP contribution in [0.5, 0.6) is 0 Å². The molecule has 2 aromatic heterocycles. The number of hydrogen-bond acceptors (Lipinski definition) is 4. The minimum Gasteiger partial charge on any atom is -0.463 e. The lowest BCUT2D eigenvalue weighted by molar-refractivity contribution is 0.534. The molecular formula is C14H14N2O2. The monoisotopic (exact) mass is 242 g/mol. The van der Waals surface area contributed by atoms with Crippen LogP contribution in [-0.4, -0.2) is 0 Å². The van der Waals surface area contributed by atoms with Crippen LogP contribution in [0.2, 0.25) is 0 Å². The molecule has 92 valence electrons. The number of hydrogen-bond donors (Lipinski definition) is 1. The topological polar surface area (TPSA) is 64.7 Å². The van der Waals surface area contributed by atoms with Crippen molar-refractivity contribution in [2.45, 2.75) is 20.8 Å². The van der Waals surface area contributed by atoms with Gasteiger partial charge in [0.05, 0.1) is 11.6 Å². The minimum atomic E-state index is 0.419. The number of rotatable bonds is 0. The van der Waals surface area contributed by atoms with Crippen molar-refractivity contribution in [3.8, 4) is 0 Å². The Kier molecular flexibility index (Phi) is 2.20. The zero-order valence-electron chi connectivity index (χ0n) is 10.6. The van der Waals surface area contributed by atoms with Gasteiger partial charge in [0.2, 0.25) is 5.55 Å². The Balaban J connectivity index is 2.63.